The minimum absolute atomic E-state index is 0.0450. The van der Waals surface area contributed by atoms with Crippen molar-refractivity contribution in [2.24, 2.45) is 0 Å². The third-order valence-corrected chi connectivity index (χ3v) is 7.34. The number of carbonyl (C=O) groups excluding carboxylic acids is 3. The number of ether oxygens (including phenoxy) is 2. The van der Waals surface area contributed by atoms with Gasteiger partial charge in [0, 0.05) is 5.69 Å². The highest BCUT2D eigenvalue weighted by Crippen LogP contribution is 2.39. The van der Waals surface area contributed by atoms with E-state index in [1.54, 1.807) is 37.3 Å². The highest BCUT2D eigenvalue weighted by molar-refractivity contribution is 8.18. The molecule has 0 radical (unpaired) electrons. The molecule has 0 aromatic heterocycles. The molecule has 212 valence electrons. The van der Waals surface area contributed by atoms with Gasteiger partial charge in [0.15, 0.2) is 11.5 Å². The summed E-state index contributed by atoms with van der Waals surface area (Å²) in [6, 6.07) is 15.0. The predicted molar refractivity (Wildman–Crippen MR) is 158 cm³/mol. The van der Waals surface area contributed by atoms with Gasteiger partial charge >= 0.3 is 5.97 Å². The summed E-state index contributed by atoms with van der Waals surface area (Å²) < 4.78 is 11.6. The SMILES string of the molecule is CCOc1cc(/C=C2/SC(=O)N(CC(=O)Nc3ccc(C)c(C)c3)C2=O)cc(Cl)c1OCc1cccc(C(=O)O)c1. The van der Waals surface area contributed by atoms with Gasteiger partial charge in [0.2, 0.25) is 5.91 Å². The van der Waals surface area contributed by atoms with Crippen LogP contribution >= 0.6 is 23.4 Å². The van der Waals surface area contributed by atoms with Crippen molar-refractivity contribution in [1.29, 1.82) is 0 Å². The average Bonchev–Trinajstić information content (AvgIpc) is 3.17. The monoisotopic (exact) mass is 594 g/mol. The van der Waals surface area contributed by atoms with Gasteiger partial charge in [0.1, 0.15) is 13.2 Å². The lowest BCUT2D eigenvalue weighted by Gasteiger charge is -2.15. The summed E-state index contributed by atoms with van der Waals surface area (Å²) in [6.07, 6.45) is 1.50. The molecule has 41 heavy (non-hydrogen) atoms. The first-order chi connectivity index (χ1) is 19.5. The molecule has 3 amide bonds. The molecular formula is C30H27ClN2O7S. The number of aromatic carboxylic acids is 1. The van der Waals surface area contributed by atoms with Gasteiger partial charge in [-0.05, 0) is 97.3 Å². The van der Waals surface area contributed by atoms with E-state index in [9.17, 15) is 24.3 Å². The fraction of sp³-hybridized carbons (Fsp3) is 0.200. The Morgan fingerprint density at radius 1 is 1.05 bits per heavy atom. The van der Waals surface area contributed by atoms with Gasteiger partial charge in [-0.1, -0.05) is 29.8 Å². The van der Waals surface area contributed by atoms with Gasteiger partial charge in [0.05, 0.1) is 22.1 Å². The maximum atomic E-state index is 13.0. The zero-order valence-corrected chi connectivity index (χ0v) is 24.1. The number of carbonyl (C=O) groups is 4. The van der Waals surface area contributed by atoms with E-state index in [4.69, 9.17) is 21.1 Å². The van der Waals surface area contributed by atoms with Crippen molar-refractivity contribution < 1.29 is 33.8 Å². The molecule has 11 heteroatoms. The number of anilines is 1. The molecule has 2 N–H and O–H groups in total. The van der Waals surface area contributed by atoms with Gasteiger partial charge in [0.25, 0.3) is 11.1 Å². The van der Waals surface area contributed by atoms with Crippen molar-refractivity contribution in [2.45, 2.75) is 27.4 Å². The van der Waals surface area contributed by atoms with Crippen molar-refractivity contribution in [2.75, 3.05) is 18.5 Å². The summed E-state index contributed by atoms with van der Waals surface area (Å²) in [6.45, 7) is 5.60. The summed E-state index contributed by atoms with van der Waals surface area (Å²) in [5.74, 6) is -1.57. The van der Waals surface area contributed by atoms with Gasteiger partial charge in [-0.3, -0.25) is 19.3 Å². The largest absolute Gasteiger partial charge is 0.490 e. The number of aryl methyl sites for hydroxylation is 2. The Morgan fingerprint density at radius 2 is 1.83 bits per heavy atom. The first-order valence-electron chi connectivity index (χ1n) is 12.6. The molecule has 9 nitrogen and oxygen atoms in total. The average molecular weight is 595 g/mol. The number of hydrogen-bond donors (Lipinski definition) is 2. The van der Waals surface area contributed by atoms with E-state index in [-0.39, 0.29) is 27.8 Å². The van der Waals surface area contributed by atoms with Gasteiger partial charge in [-0.2, -0.15) is 0 Å². The first kappa shape index (κ1) is 29.7. The van der Waals surface area contributed by atoms with E-state index in [1.807, 2.05) is 26.0 Å². The van der Waals surface area contributed by atoms with Crippen LogP contribution in [0.2, 0.25) is 5.02 Å². The maximum absolute atomic E-state index is 13.0. The van der Waals surface area contributed by atoms with Crippen LogP contribution in [-0.4, -0.2) is 46.2 Å². The molecule has 0 saturated carbocycles. The minimum Gasteiger partial charge on any atom is -0.490 e. The number of nitrogens with zero attached hydrogens (tertiary/aromatic N) is 1. The molecule has 4 rings (SSSR count). The van der Waals surface area contributed by atoms with Gasteiger partial charge < -0.3 is 19.9 Å². The number of carboxylic acids is 1. The predicted octanol–water partition coefficient (Wildman–Crippen LogP) is 6.31. The van der Waals surface area contributed by atoms with E-state index in [2.05, 4.69) is 5.32 Å². The second kappa shape index (κ2) is 12.9. The molecule has 0 spiro atoms. The van der Waals surface area contributed by atoms with Crippen LogP contribution in [0.15, 0.2) is 59.5 Å². The molecule has 1 heterocycles. The highest BCUT2D eigenvalue weighted by atomic mass is 35.5. The number of thioether (sulfide) groups is 1. The minimum atomic E-state index is -1.05. The highest BCUT2D eigenvalue weighted by Gasteiger charge is 2.36. The Kier molecular flexibility index (Phi) is 9.36. The van der Waals surface area contributed by atoms with Crippen molar-refractivity contribution >= 4 is 58.1 Å². The summed E-state index contributed by atoms with van der Waals surface area (Å²) in [7, 11) is 0. The number of rotatable bonds is 10. The molecule has 0 atom stereocenters. The van der Waals surface area contributed by atoms with Crippen LogP contribution in [0.4, 0.5) is 10.5 Å². The molecule has 0 aliphatic carbocycles. The van der Waals surface area contributed by atoms with Crippen molar-refractivity contribution in [3.8, 4) is 11.5 Å². The lowest BCUT2D eigenvalue weighted by atomic mass is 10.1. The third kappa shape index (κ3) is 7.27. The zero-order chi connectivity index (χ0) is 29.7. The van der Waals surface area contributed by atoms with Crippen LogP contribution in [0.3, 0.4) is 0 Å². The van der Waals surface area contributed by atoms with E-state index >= 15 is 0 Å². The molecule has 1 fully saturated rings. The van der Waals surface area contributed by atoms with Crippen LogP contribution in [0.25, 0.3) is 6.08 Å². The maximum Gasteiger partial charge on any atom is 0.335 e. The number of nitrogens with one attached hydrogen (secondary N) is 1. The van der Waals surface area contributed by atoms with E-state index in [1.165, 1.54) is 18.2 Å². The number of hydrogen-bond acceptors (Lipinski definition) is 7. The molecule has 0 unspecified atom stereocenters. The van der Waals surface area contributed by atoms with Crippen LogP contribution < -0.4 is 14.8 Å². The fourth-order valence-electron chi connectivity index (χ4n) is 3.97. The van der Waals surface area contributed by atoms with Crippen LogP contribution in [0.1, 0.15) is 39.5 Å². The fourth-order valence-corrected chi connectivity index (χ4v) is 5.09. The first-order valence-corrected chi connectivity index (χ1v) is 13.8. The smallest absolute Gasteiger partial charge is 0.335 e. The number of benzene rings is 3. The Hall–Kier alpha value is -4.28. The molecule has 1 aliphatic heterocycles. The van der Waals surface area contributed by atoms with Gasteiger partial charge in [-0.25, -0.2) is 4.79 Å². The number of imide groups is 1. The summed E-state index contributed by atoms with van der Waals surface area (Å²) in [5, 5.41) is 11.6. The second-order valence-electron chi connectivity index (χ2n) is 9.17. The Labute approximate surface area is 246 Å². The summed E-state index contributed by atoms with van der Waals surface area (Å²) in [5.41, 5.74) is 3.92. The van der Waals surface area contributed by atoms with E-state index in [0.29, 0.717) is 29.2 Å². The summed E-state index contributed by atoms with van der Waals surface area (Å²) >= 11 is 7.24. The molecule has 3 aromatic rings. The topological polar surface area (TPSA) is 122 Å². The third-order valence-electron chi connectivity index (χ3n) is 6.15. The lowest BCUT2D eigenvalue weighted by molar-refractivity contribution is -0.127. The number of halogens is 1. The Balaban J connectivity index is 1.49. The Bertz CT molecular complexity index is 1570. The quantitative estimate of drug-likeness (QED) is 0.262. The van der Waals surface area contributed by atoms with Gasteiger partial charge in [-0.15, -0.1) is 0 Å². The number of carboxylic acid groups (broad SMARTS) is 1. The van der Waals surface area contributed by atoms with Crippen molar-refractivity contribution in [3.63, 3.8) is 0 Å². The van der Waals surface area contributed by atoms with Crippen LogP contribution in [0.5, 0.6) is 11.5 Å². The Morgan fingerprint density at radius 3 is 2.54 bits per heavy atom. The standard InChI is InChI=1S/C30H27ClN2O7S/c1-4-39-24-13-20(12-23(31)27(24)40-16-19-6-5-7-21(11-19)29(36)37)14-25-28(35)33(30(38)41-25)15-26(34)32-22-9-8-17(2)18(3)10-22/h5-14H,4,15-16H2,1-3H3,(H,32,34)(H,36,37)/b25-14+. The zero-order valence-electron chi connectivity index (χ0n) is 22.5. The number of amides is 3. The van der Waals surface area contributed by atoms with Crippen LogP contribution in [-0.2, 0) is 16.2 Å². The molecule has 1 aliphatic rings. The van der Waals surface area contributed by atoms with Crippen LogP contribution in [0, 0.1) is 13.8 Å². The molecule has 1 saturated heterocycles. The molecular weight excluding hydrogens is 568 g/mol. The van der Waals surface area contributed by atoms with Crippen molar-refractivity contribution in [3.05, 3.63) is 92.3 Å². The molecule has 0 bridgehead atoms. The summed E-state index contributed by atoms with van der Waals surface area (Å²) in [4.78, 5) is 50.4. The van der Waals surface area contributed by atoms with Crippen molar-refractivity contribution in [1.82, 2.24) is 4.90 Å². The second-order valence-corrected chi connectivity index (χ2v) is 10.6. The van der Waals surface area contributed by atoms with E-state index in [0.717, 1.165) is 27.8 Å². The molecule has 3 aromatic carbocycles. The normalized spacial score (nSPS) is 14.0. The van der Waals surface area contributed by atoms with E-state index < -0.39 is 29.6 Å². The lowest BCUT2D eigenvalue weighted by Crippen LogP contribution is -2.36.